The summed E-state index contributed by atoms with van der Waals surface area (Å²) in [7, 11) is 0. The predicted octanol–water partition coefficient (Wildman–Crippen LogP) is 1.94. The first kappa shape index (κ1) is 11.2. The summed E-state index contributed by atoms with van der Waals surface area (Å²) >= 11 is 6.03. The van der Waals surface area contributed by atoms with Gasteiger partial charge in [0.25, 0.3) is 0 Å². The molecule has 0 radical (unpaired) electrons. The average Bonchev–Trinajstić information content (AvgIpc) is 2.69. The highest BCUT2D eigenvalue weighted by molar-refractivity contribution is 6.30. The van der Waals surface area contributed by atoms with Gasteiger partial charge in [-0.3, -0.25) is 0 Å². The Labute approximate surface area is 105 Å². The Morgan fingerprint density at radius 2 is 2.00 bits per heavy atom. The largest absolute Gasteiger partial charge is 0.390 e. The zero-order valence-electron chi connectivity index (χ0n) is 9.83. The zero-order valence-corrected chi connectivity index (χ0v) is 10.6. The van der Waals surface area contributed by atoms with Crippen LogP contribution in [0.2, 0.25) is 5.15 Å². The molecule has 1 heterocycles. The summed E-state index contributed by atoms with van der Waals surface area (Å²) < 4.78 is 0. The molecule has 0 bridgehead atoms. The van der Waals surface area contributed by atoms with Crippen molar-refractivity contribution in [1.82, 2.24) is 10.2 Å². The third-order valence-electron chi connectivity index (χ3n) is 3.70. The number of hydrogen-bond acceptors (Lipinski definition) is 4. The lowest BCUT2D eigenvalue weighted by molar-refractivity contribution is -0.0235. The molecule has 0 amide bonds. The van der Waals surface area contributed by atoms with Gasteiger partial charge in [-0.15, -0.1) is 10.2 Å². The molecule has 92 valence electrons. The van der Waals surface area contributed by atoms with E-state index >= 15 is 0 Å². The molecule has 5 heteroatoms. The van der Waals surface area contributed by atoms with Gasteiger partial charge in [0.2, 0.25) is 0 Å². The molecule has 0 spiro atoms. The molecule has 0 aliphatic heterocycles. The minimum atomic E-state index is -0.513. The van der Waals surface area contributed by atoms with Gasteiger partial charge in [0.15, 0.2) is 11.0 Å². The fourth-order valence-electron chi connectivity index (χ4n) is 2.86. The molecule has 4 nitrogen and oxygen atoms in total. The van der Waals surface area contributed by atoms with Gasteiger partial charge in [0.1, 0.15) is 0 Å². The van der Waals surface area contributed by atoms with Crippen LogP contribution in [0.25, 0.3) is 0 Å². The molecule has 1 aromatic heterocycles. The summed E-state index contributed by atoms with van der Waals surface area (Å²) in [6.07, 6.45) is 4.69. The summed E-state index contributed by atoms with van der Waals surface area (Å²) in [6.45, 7) is 1.86. The number of aliphatic hydroxyl groups is 1. The van der Waals surface area contributed by atoms with Crippen molar-refractivity contribution in [2.45, 2.75) is 50.7 Å². The van der Waals surface area contributed by atoms with Crippen LogP contribution in [0.4, 0.5) is 5.82 Å². The van der Waals surface area contributed by atoms with Crippen molar-refractivity contribution in [3.8, 4) is 0 Å². The van der Waals surface area contributed by atoms with Crippen molar-refractivity contribution >= 4 is 17.4 Å². The van der Waals surface area contributed by atoms with Crippen LogP contribution in [0.5, 0.6) is 0 Å². The number of fused-ring (bicyclic) bond motifs is 1. The van der Waals surface area contributed by atoms with Crippen molar-refractivity contribution in [3.05, 3.63) is 16.3 Å². The number of nitrogens with one attached hydrogen (secondary N) is 1. The number of rotatable bonds is 2. The molecule has 0 unspecified atom stereocenters. The Kier molecular flexibility index (Phi) is 2.52. The molecule has 0 aromatic carbocycles. The van der Waals surface area contributed by atoms with E-state index in [1.54, 1.807) is 0 Å². The lowest BCUT2D eigenvalue weighted by Gasteiger charge is -2.41. The van der Waals surface area contributed by atoms with Gasteiger partial charge in [-0.05, 0) is 44.6 Å². The molecule has 3 rings (SSSR count). The Balaban J connectivity index is 1.79. The van der Waals surface area contributed by atoms with E-state index in [0.29, 0.717) is 11.2 Å². The molecular weight excluding hydrogens is 238 g/mol. The van der Waals surface area contributed by atoms with E-state index in [0.717, 1.165) is 43.5 Å². The average molecular weight is 254 g/mol. The molecule has 1 saturated carbocycles. The maximum atomic E-state index is 9.70. The molecule has 2 aliphatic rings. The summed E-state index contributed by atoms with van der Waals surface area (Å²) in [5.41, 5.74) is 1.85. The standard InChI is InChI=1S/C12H16ClN3O/c1-12(17)5-7(6-12)14-11-9-4-2-3-8(9)10(13)15-16-11/h7,17H,2-6H2,1H3,(H,14,16). The monoisotopic (exact) mass is 253 g/mol. The van der Waals surface area contributed by atoms with Gasteiger partial charge < -0.3 is 10.4 Å². The molecule has 0 atom stereocenters. The highest BCUT2D eigenvalue weighted by atomic mass is 35.5. The van der Waals surface area contributed by atoms with Crippen LogP contribution in [0, 0.1) is 0 Å². The molecule has 17 heavy (non-hydrogen) atoms. The fourth-order valence-corrected chi connectivity index (χ4v) is 3.11. The number of halogens is 1. The van der Waals surface area contributed by atoms with Gasteiger partial charge >= 0.3 is 0 Å². The SMILES string of the molecule is CC1(O)CC(Nc2nnc(Cl)c3c2CCC3)C1. The Morgan fingerprint density at radius 1 is 1.29 bits per heavy atom. The highest BCUT2D eigenvalue weighted by Gasteiger charge is 2.39. The van der Waals surface area contributed by atoms with Crippen molar-refractivity contribution < 1.29 is 5.11 Å². The summed E-state index contributed by atoms with van der Waals surface area (Å²) in [4.78, 5) is 0. The minimum absolute atomic E-state index is 0.310. The molecule has 0 saturated heterocycles. The summed E-state index contributed by atoms with van der Waals surface area (Å²) in [6, 6.07) is 0.310. The Morgan fingerprint density at radius 3 is 2.71 bits per heavy atom. The molecule has 1 aromatic rings. The van der Waals surface area contributed by atoms with E-state index in [2.05, 4.69) is 15.5 Å². The normalized spacial score (nSPS) is 30.9. The van der Waals surface area contributed by atoms with Gasteiger partial charge in [-0.25, -0.2) is 0 Å². The van der Waals surface area contributed by atoms with Crippen LogP contribution in [-0.2, 0) is 12.8 Å². The van der Waals surface area contributed by atoms with E-state index in [9.17, 15) is 5.11 Å². The van der Waals surface area contributed by atoms with Crippen molar-refractivity contribution in [1.29, 1.82) is 0 Å². The number of nitrogens with zero attached hydrogens (tertiary/aromatic N) is 2. The number of anilines is 1. The van der Waals surface area contributed by atoms with Crippen molar-refractivity contribution in [3.63, 3.8) is 0 Å². The lowest BCUT2D eigenvalue weighted by atomic mass is 9.77. The first-order chi connectivity index (χ1) is 8.05. The second-order valence-corrected chi connectivity index (χ2v) is 5.75. The van der Waals surface area contributed by atoms with Gasteiger partial charge in [-0.1, -0.05) is 11.6 Å². The van der Waals surface area contributed by atoms with E-state index in [1.165, 1.54) is 5.56 Å². The highest BCUT2D eigenvalue weighted by Crippen LogP contribution is 2.36. The lowest BCUT2D eigenvalue weighted by Crippen LogP contribution is -2.48. The smallest absolute Gasteiger partial charge is 0.155 e. The first-order valence-electron chi connectivity index (χ1n) is 6.08. The fraction of sp³-hybridized carbons (Fsp3) is 0.667. The Bertz CT molecular complexity index is 453. The van der Waals surface area contributed by atoms with Crippen molar-refractivity contribution in [2.75, 3.05) is 5.32 Å². The molecule has 2 aliphatic carbocycles. The third kappa shape index (κ3) is 2.00. The van der Waals surface area contributed by atoms with Gasteiger partial charge in [0.05, 0.1) is 5.60 Å². The second kappa shape index (κ2) is 3.82. The van der Waals surface area contributed by atoms with Gasteiger partial charge in [0, 0.05) is 11.6 Å². The van der Waals surface area contributed by atoms with E-state index in [1.807, 2.05) is 6.92 Å². The maximum absolute atomic E-state index is 9.70. The minimum Gasteiger partial charge on any atom is -0.390 e. The Hall–Kier alpha value is -0.870. The summed E-state index contributed by atoms with van der Waals surface area (Å²) in [5.74, 6) is 0.863. The van der Waals surface area contributed by atoms with Gasteiger partial charge in [-0.2, -0.15) is 0 Å². The van der Waals surface area contributed by atoms with Crippen LogP contribution in [0.15, 0.2) is 0 Å². The summed E-state index contributed by atoms with van der Waals surface area (Å²) in [5, 5.41) is 21.8. The van der Waals surface area contributed by atoms with Crippen molar-refractivity contribution in [2.24, 2.45) is 0 Å². The molecular formula is C12H16ClN3O. The van der Waals surface area contributed by atoms with Crippen LogP contribution in [0.3, 0.4) is 0 Å². The van der Waals surface area contributed by atoms with E-state index < -0.39 is 5.60 Å². The van der Waals surface area contributed by atoms with Crippen LogP contribution >= 0.6 is 11.6 Å². The van der Waals surface area contributed by atoms with E-state index in [-0.39, 0.29) is 0 Å². The van der Waals surface area contributed by atoms with Crippen LogP contribution in [0.1, 0.15) is 37.3 Å². The maximum Gasteiger partial charge on any atom is 0.155 e. The third-order valence-corrected chi connectivity index (χ3v) is 4.01. The van der Waals surface area contributed by atoms with Crippen LogP contribution in [-0.4, -0.2) is 26.9 Å². The zero-order chi connectivity index (χ0) is 12.0. The first-order valence-corrected chi connectivity index (χ1v) is 6.46. The number of aromatic nitrogens is 2. The quantitative estimate of drug-likeness (QED) is 0.846. The number of hydrogen-bond donors (Lipinski definition) is 2. The molecule has 2 N–H and O–H groups in total. The van der Waals surface area contributed by atoms with Crippen LogP contribution < -0.4 is 5.32 Å². The predicted molar refractivity (Wildman–Crippen MR) is 66.3 cm³/mol. The topological polar surface area (TPSA) is 58.0 Å². The molecule has 1 fully saturated rings. The second-order valence-electron chi connectivity index (χ2n) is 5.40. The van der Waals surface area contributed by atoms with E-state index in [4.69, 9.17) is 11.6 Å².